The lowest BCUT2D eigenvalue weighted by atomic mass is 9.81. The van der Waals surface area contributed by atoms with Crippen LogP contribution in [0.15, 0.2) is 0 Å². The van der Waals surface area contributed by atoms with E-state index in [0.717, 1.165) is 18.4 Å². The molecule has 0 aromatic rings. The van der Waals surface area contributed by atoms with Crippen molar-refractivity contribution in [2.45, 2.75) is 77.0 Å². The summed E-state index contributed by atoms with van der Waals surface area (Å²) >= 11 is 0. The van der Waals surface area contributed by atoms with Crippen molar-refractivity contribution in [1.82, 2.24) is 4.90 Å². The van der Waals surface area contributed by atoms with Crippen molar-refractivity contribution in [3.05, 3.63) is 0 Å². The van der Waals surface area contributed by atoms with E-state index in [1.807, 2.05) is 0 Å². The summed E-state index contributed by atoms with van der Waals surface area (Å²) in [5.41, 5.74) is 0. The Balaban J connectivity index is 2.00. The van der Waals surface area contributed by atoms with Gasteiger partial charge >= 0.3 is 0 Å². The molecule has 1 saturated heterocycles. The zero-order valence-electron chi connectivity index (χ0n) is 10.9. The van der Waals surface area contributed by atoms with Crippen molar-refractivity contribution < 1.29 is 5.11 Å². The van der Waals surface area contributed by atoms with Gasteiger partial charge in [-0.05, 0) is 51.0 Å². The molecule has 1 heterocycles. The average molecular weight is 225 g/mol. The van der Waals surface area contributed by atoms with Gasteiger partial charge in [0.1, 0.15) is 0 Å². The minimum absolute atomic E-state index is 0.0602. The lowest BCUT2D eigenvalue weighted by Gasteiger charge is -2.41. The zero-order chi connectivity index (χ0) is 11.5. The Labute approximate surface area is 100 Å². The van der Waals surface area contributed by atoms with E-state index in [9.17, 15) is 5.11 Å². The topological polar surface area (TPSA) is 23.5 Å². The molecule has 1 aliphatic carbocycles. The molecule has 1 saturated carbocycles. The summed E-state index contributed by atoms with van der Waals surface area (Å²) in [6.45, 7) is 5.80. The minimum Gasteiger partial charge on any atom is -0.391 e. The van der Waals surface area contributed by atoms with Crippen LogP contribution in [0.3, 0.4) is 0 Å². The molecule has 4 atom stereocenters. The first kappa shape index (κ1) is 12.4. The van der Waals surface area contributed by atoms with Crippen LogP contribution in [0.25, 0.3) is 0 Å². The largest absolute Gasteiger partial charge is 0.391 e. The van der Waals surface area contributed by atoms with Gasteiger partial charge in [0.15, 0.2) is 0 Å². The highest BCUT2D eigenvalue weighted by molar-refractivity contribution is 4.91. The number of aliphatic hydroxyl groups is 1. The normalized spacial score (nSPS) is 41.4. The van der Waals surface area contributed by atoms with Gasteiger partial charge in [-0.1, -0.05) is 20.3 Å². The predicted molar refractivity (Wildman–Crippen MR) is 67.4 cm³/mol. The van der Waals surface area contributed by atoms with Crippen LogP contribution in [-0.2, 0) is 0 Å². The smallest absolute Gasteiger partial charge is 0.0695 e. The summed E-state index contributed by atoms with van der Waals surface area (Å²) in [6, 6.07) is 1.21. The Kier molecular flexibility index (Phi) is 4.26. The molecule has 2 rings (SSSR count). The SMILES string of the molecule is CCC1CCC(O)C(N2CCCC2CC)C1. The first-order chi connectivity index (χ1) is 7.76. The summed E-state index contributed by atoms with van der Waals surface area (Å²) in [7, 11) is 0. The van der Waals surface area contributed by atoms with Crippen LogP contribution in [0, 0.1) is 5.92 Å². The fraction of sp³-hybridized carbons (Fsp3) is 1.00. The number of likely N-dealkylation sites (tertiary alicyclic amines) is 1. The predicted octanol–water partition coefficient (Wildman–Crippen LogP) is 2.80. The van der Waals surface area contributed by atoms with Crippen molar-refractivity contribution in [1.29, 1.82) is 0 Å². The van der Waals surface area contributed by atoms with Crippen LogP contribution >= 0.6 is 0 Å². The molecule has 94 valence electrons. The maximum absolute atomic E-state index is 10.2. The van der Waals surface area contributed by atoms with Crippen LogP contribution in [-0.4, -0.2) is 34.7 Å². The van der Waals surface area contributed by atoms with Crippen LogP contribution in [0.5, 0.6) is 0 Å². The second-order valence-electron chi connectivity index (χ2n) is 5.66. The van der Waals surface area contributed by atoms with Gasteiger partial charge in [-0.3, -0.25) is 4.90 Å². The lowest BCUT2D eigenvalue weighted by molar-refractivity contribution is -0.00383. The maximum Gasteiger partial charge on any atom is 0.0695 e. The van der Waals surface area contributed by atoms with Gasteiger partial charge in [-0.15, -0.1) is 0 Å². The second-order valence-corrected chi connectivity index (χ2v) is 5.66. The maximum atomic E-state index is 10.2. The quantitative estimate of drug-likeness (QED) is 0.798. The molecule has 0 amide bonds. The van der Waals surface area contributed by atoms with Gasteiger partial charge in [0.05, 0.1) is 6.10 Å². The fourth-order valence-corrected chi connectivity index (χ4v) is 3.68. The van der Waals surface area contributed by atoms with Crippen LogP contribution in [0.2, 0.25) is 0 Å². The molecule has 2 heteroatoms. The molecule has 2 aliphatic rings. The molecule has 1 aliphatic heterocycles. The lowest BCUT2D eigenvalue weighted by Crippen LogP contribution is -2.49. The standard InChI is InChI=1S/C14H27NO/c1-3-11-7-8-14(16)13(10-11)15-9-5-6-12(15)4-2/h11-14,16H,3-10H2,1-2H3. The molecule has 2 nitrogen and oxygen atoms in total. The van der Waals surface area contributed by atoms with E-state index in [4.69, 9.17) is 0 Å². The third-order valence-electron chi connectivity index (χ3n) is 4.79. The van der Waals surface area contributed by atoms with Crippen molar-refractivity contribution in [2.24, 2.45) is 5.92 Å². The van der Waals surface area contributed by atoms with E-state index in [1.54, 1.807) is 0 Å². The molecule has 4 unspecified atom stereocenters. The number of hydrogen-bond donors (Lipinski definition) is 1. The van der Waals surface area contributed by atoms with Crippen molar-refractivity contribution in [3.63, 3.8) is 0 Å². The first-order valence-corrected chi connectivity index (χ1v) is 7.20. The Morgan fingerprint density at radius 2 is 1.94 bits per heavy atom. The number of rotatable bonds is 3. The Hall–Kier alpha value is -0.0800. The highest BCUT2D eigenvalue weighted by Gasteiger charge is 2.37. The van der Waals surface area contributed by atoms with E-state index in [0.29, 0.717) is 6.04 Å². The minimum atomic E-state index is -0.0602. The average Bonchev–Trinajstić information content (AvgIpc) is 2.77. The molecule has 0 bridgehead atoms. The Morgan fingerprint density at radius 1 is 1.12 bits per heavy atom. The highest BCUT2D eigenvalue weighted by Crippen LogP contribution is 2.34. The summed E-state index contributed by atoms with van der Waals surface area (Å²) in [5, 5.41) is 10.2. The molecular formula is C14H27NO. The number of aliphatic hydroxyl groups excluding tert-OH is 1. The number of nitrogens with zero attached hydrogens (tertiary/aromatic N) is 1. The van der Waals surface area contributed by atoms with Gasteiger partial charge in [0.25, 0.3) is 0 Å². The van der Waals surface area contributed by atoms with Gasteiger partial charge < -0.3 is 5.11 Å². The van der Waals surface area contributed by atoms with Crippen molar-refractivity contribution in [2.75, 3.05) is 6.54 Å². The summed E-state index contributed by atoms with van der Waals surface area (Å²) in [4.78, 5) is 2.62. The Bertz CT molecular complexity index is 219. The van der Waals surface area contributed by atoms with Gasteiger partial charge in [-0.2, -0.15) is 0 Å². The Morgan fingerprint density at radius 3 is 2.62 bits per heavy atom. The molecular weight excluding hydrogens is 198 g/mol. The van der Waals surface area contributed by atoms with E-state index in [1.165, 1.54) is 45.1 Å². The van der Waals surface area contributed by atoms with Gasteiger partial charge in [0.2, 0.25) is 0 Å². The van der Waals surface area contributed by atoms with Crippen molar-refractivity contribution in [3.8, 4) is 0 Å². The summed E-state index contributed by atoms with van der Waals surface area (Å²) in [6.07, 6.45) is 8.64. The summed E-state index contributed by atoms with van der Waals surface area (Å²) < 4.78 is 0. The first-order valence-electron chi connectivity index (χ1n) is 7.20. The third-order valence-corrected chi connectivity index (χ3v) is 4.79. The monoisotopic (exact) mass is 225 g/mol. The molecule has 1 N–H and O–H groups in total. The highest BCUT2D eigenvalue weighted by atomic mass is 16.3. The van der Waals surface area contributed by atoms with Gasteiger partial charge in [0, 0.05) is 12.1 Å². The van der Waals surface area contributed by atoms with Crippen molar-refractivity contribution >= 4 is 0 Å². The fourth-order valence-electron chi connectivity index (χ4n) is 3.68. The number of hydrogen-bond acceptors (Lipinski definition) is 2. The summed E-state index contributed by atoms with van der Waals surface area (Å²) in [5.74, 6) is 0.853. The van der Waals surface area contributed by atoms with E-state index in [-0.39, 0.29) is 6.10 Å². The zero-order valence-corrected chi connectivity index (χ0v) is 10.9. The third kappa shape index (κ3) is 2.43. The van der Waals surface area contributed by atoms with Crippen LogP contribution in [0.4, 0.5) is 0 Å². The molecule has 0 spiro atoms. The molecule has 16 heavy (non-hydrogen) atoms. The molecule has 0 aromatic heterocycles. The van der Waals surface area contributed by atoms with E-state index in [2.05, 4.69) is 18.7 Å². The van der Waals surface area contributed by atoms with E-state index < -0.39 is 0 Å². The van der Waals surface area contributed by atoms with Crippen LogP contribution < -0.4 is 0 Å². The molecule has 2 fully saturated rings. The molecule has 0 radical (unpaired) electrons. The van der Waals surface area contributed by atoms with E-state index >= 15 is 0 Å². The second kappa shape index (κ2) is 5.50. The van der Waals surface area contributed by atoms with Crippen LogP contribution in [0.1, 0.15) is 58.8 Å². The molecule has 0 aromatic carbocycles. The van der Waals surface area contributed by atoms with Gasteiger partial charge in [-0.25, -0.2) is 0 Å².